The summed E-state index contributed by atoms with van der Waals surface area (Å²) in [6.07, 6.45) is 9.32. The van der Waals surface area contributed by atoms with Crippen molar-refractivity contribution in [3.63, 3.8) is 0 Å². The van der Waals surface area contributed by atoms with Gasteiger partial charge >= 0.3 is 5.97 Å². The molecule has 0 N–H and O–H groups in total. The van der Waals surface area contributed by atoms with Crippen LogP contribution in [0.2, 0.25) is 0 Å². The number of ether oxygens (including phenoxy) is 3. The number of allylic oxidation sites excluding steroid dienone is 3. The molecule has 1 rings (SSSR count). The zero-order valence-corrected chi connectivity index (χ0v) is 30.1. The Morgan fingerprint density at radius 2 is 1.77 bits per heavy atom. The molecule has 0 fully saturated rings. The molecular weight excluding hydrogens is 587 g/mol. The molecule has 0 bridgehead atoms. The van der Waals surface area contributed by atoms with Gasteiger partial charge in [-0.15, -0.1) is 11.3 Å². The van der Waals surface area contributed by atoms with E-state index in [0.717, 1.165) is 17.1 Å². The molecule has 221 valence electrons. The number of hydrogen-bond donors (Lipinski definition) is 0. The minimum absolute atomic E-state index is 0. The maximum absolute atomic E-state index is 12.7. The molecule has 4 unspecified atom stereocenters. The molecule has 8 heteroatoms. The first-order valence-corrected chi connectivity index (χ1v) is 14.4. The van der Waals surface area contributed by atoms with Crippen LogP contribution in [0.25, 0.3) is 6.08 Å². The predicted molar refractivity (Wildman–Crippen MR) is 159 cm³/mol. The number of rotatable bonds is 15. The largest absolute Gasteiger partial charge is 0.469 e. The summed E-state index contributed by atoms with van der Waals surface area (Å²) in [7, 11) is 4.39. The second kappa shape index (κ2) is 21.0. The Balaban J connectivity index is 0. The predicted octanol–water partition coefficient (Wildman–Crippen LogP) is 7.66. The molecule has 0 aliphatic rings. The third kappa shape index (κ3) is 14.6. The number of aryl methyl sites for hydroxylation is 1. The number of methoxy groups -OCH3 is 3. The van der Waals surface area contributed by atoms with Crippen molar-refractivity contribution in [2.75, 3.05) is 21.3 Å². The van der Waals surface area contributed by atoms with Crippen LogP contribution in [-0.4, -0.2) is 50.3 Å². The van der Waals surface area contributed by atoms with Gasteiger partial charge in [0.25, 0.3) is 0 Å². The van der Waals surface area contributed by atoms with Gasteiger partial charge in [-0.3, -0.25) is 9.59 Å². The maximum Gasteiger partial charge on any atom is 0.308 e. The number of esters is 1. The second-order valence-corrected chi connectivity index (χ2v) is 11.6. The topological polar surface area (TPSA) is 74.7 Å². The molecule has 0 amide bonds. The van der Waals surface area contributed by atoms with E-state index >= 15 is 0 Å². The third-order valence-corrected chi connectivity index (χ3v) is 7.86. The Bertz CT molecular complexity index is 905. The number of carbonyl (C=O) groups is 2. The van der Waals surface area contributed by atoms with E-state index in [-0.39, 0.29) is 56.9 Å². The molecular formula is C31H52NO5SY-. The second-order valence-electron chi connectivity index (χ2n) is 10.5. The van der Waals surface area contributed by atoms with Crippen LogP contribution in [0.4, 0.5) is 0 Å². The fourth-order valence-corrected chi connectivity index (χ4v) is 4.84. The van der Waals surface area contributed by atoms with Crippen LogP contribution in [0.1, 0.15) is 91.8 Å². The van der Waals surface area contributed by atoms with Gasteiger partial charge in [0.1, 0.15) is 5.78 Å². The van der Waals surface area contributed by atoms with Gasteiger partial charge in [-0.2, -0.15) is 6.92 Å². The molecule has 0 spiro atoms. The first-order valence-electron chi connectivity index (χ1n) is 13.5. The van der Waals surface area contributed by atoms with Crippen molar-refractivity contribution >= 4 is 29.2 Å². The maximum atomic E-state index is 12.7. The fourth-order valence-electron chi connectivity index (χ4n) is 4.27. The van der Waals surface area contributed by atoms with Gasteiger partial charge in [0, 0.05) is 58.2 Å². The molecule has 1 aromatic heterocycles. The van der Waals surface area contributed by atoms with Gasteiger partial charge in [-0.05, 0) is 45.6 Å². The molecule has 0 saturated heterocycles. The van der Waals surface area contributed by atoms with Gasteiger partial charge in [0.15, 0.2) is 0 Å². The third-order valence-electron chi connectivity index (χ3n) is 7.07. The van der Waals surface area contributed by atoms with E-state index < -0.39 is 17.5 Å². The first kappa shape index (κ1) is 40.4. The molecule has 39 heavy (non-hydrogen) atoms. The molecule has 1 aromatic rings. The van der Waals surface area contributed by atoms with Crippen LogP contribution in [-0.2, 0) is 56.5 Å². The Kier molecular flexibility index (Phi) is 21.8. The summed E-state index contributed by atoms with van der Waals surface area (Å²) in [5, 5.41) is 3.27. The van der Waals surface area contributed by atoms with Crippen molar-refractivity contribution in [1.29, 1.82) is 0 Å². The first-order chi connectivity index (χ1) is 17.8. The molecule has 0 aliphatic carbocycles. The van der Waals surface area contributed by atoms with Crippen molar-refractivity contribution in [2.45, 2.75) is 100 Å². The van der Waals surface area contributed by atoms with Gasteiger partial charge < -0.3 is 20.6 Å². The van der Waals surface area contributed by atoms with Crippen molar-refractivity contribution in [3.8, 4) is 0 Å². The Hall–Kier alpha value is -0.726. The van der Waals surface area contributed by atoms with E-state index in [1.165, 1.54) is 38.2 Å². The van der Waals surface area contributed by atoms with E-state index in [2.05, 4.69) is 61.9 Å². The van der Waals surface area contributed by atoms with Crippen LogP contribution >= 0.6 is 11.3 Å². The van der Waals surface area contributed by atoms with Crippen LogP contribution in [0.15, 0.2) is 22.6 Å². The molecule has 0 saturated carbocycles. The number of Topliss-reactive ketones (excluding diaryl/α,β-unsaturated/α-hetero) is 1. The van der Waals surface area contributed by atoms with Crippen molar-refractivity contribution in [3.05, 3.63) is 39.7 Å². The van der Waals surface area contributed by atoms with Crippen molar-refractivity contribution < 1.29 is 56.5 Å². The molecule has 0 aromatic carbocycles. The molecule has 4 atom stereocenters. The summed E-state index contributed by atoms with van der Waals surface area (Å²) < 4.78 is 15.3. The average Bonchev–Trinajstić information content (AvgIpc) is 3.30. The van der Waals surface area contributed by atoms with E-state index in [1.54, 1.807) is 32.3 Å². The minimum atomic E-state index is -0.803. The fraction of sp³-hybridized carbons (Fsp3) is 0.677. The summed E-state index contributed by atoms with van der Waals surface area (Å²) >= 11 is 1.72. The monoisotopic (exact) mass is 639 g/mol. The minimum Gasteiger partial charge on any atom is -0.469 e. The van der Waals surface area contributed by atoms with Gasteiger partial charge in [-0.1, -0.05) is 64.4 Å². The number of carbonyl (C=O) groups excluding carboxylic acids is 2. The van der Waals surface area contributed by atoms with Crippen LogP contribution in [0, 0.1) is 30.6 Å². The molecule has 1 radical (unpaired) electrons. The smallest absolute Gasteiger partial charge is 0.308 e. The van der Waals surface area contributed by atoms with Crippen LogP contribution in [0.3, 0.4) is 0 Å². The summed E-state index contributed by atoms with van der Waals surface area (Å²) in [5.74, 6) is -0.108. The van der Waals surface area contributed by atoms with Crippen LogP contribution < -0.4 is 0 Å². The Labute approximate surface area is 267 Å². The van der Waals surface area contributed by atoms with Crippen LogP contribution in [0.5, 0.6) is 0 Å². The van der Waals surface area contributed by atoms with Gasteiger partial charge in [0.05, 0.1) is 35.8 Å². The van der Waals surface area contributed by atoms with Gasteiger partial charge in [0.2, 0.25) is 0 Å². The molecule has 6 nitrogen and oxygen atoms in total. The summed E-state index contributed by atoms with van der Waals surface area (Å²) in [6.45, 7) is 18.3. The summed E-state index contributed by atoms with van der Waals surface area (Å²) in [5.41, 5.74) is 3.24. The zero-order valence-electron chi connectivity index (χ0n) is 26.4. The van der Waals surface area contributed by atoms with Crippen molar-refractivity contribution in [1.82, 2.24) is 4.98 Å². The number of thiazole rings is 1. The molecule has 0 aliphatic heterocycles. The number of ketones is 1. The Morgan fingerprint density at radius 1 is 1.15 bits per heavy atom. The zero-order chi connectivity index (χ0) is 29.5. The molecule has 1 heterocycles. The Morgan fingerprint density at radius 3 is 2.21 bits per heavy atom. The standard InChI is InChI=1S/C16H25NS.C15H27O5.Y/c1-6-7-12(2)8-9-13(3)14(4)10-16-11-18-15(5)17-16;1-8-11(18-5)10(2)14(17)15(3,4)12(19-6)9-13(16)20-7;/h8,10-11,13H,6-7,9H2,1-5H3;8,10-12H,9H2,1-7H3;/q;-1;/b12-8-,14-10+;;. The normalized spacial score (nSPS) is 15.3. The number of hydrogen-bond acceptors (Lipinski definition) is 7. The average molecular weight is 640 g/mol. The van der Waals surface area contributed by atoms with E-state index in [0.29, 0.717) is 5.92 Å². The summed E-state index contributed by atoms with van der Waals surface area (Å²) in [6, 6.07) is 0. The van der Waals surface area contributed by atoms with E-state index in [1.807, 2.05) is 20.3 Å². The number of nitrogens with zero attached hydrogens (tertiary/aromatic N) is 1. The van der Waals surface area contributed by atoms with Crippen molar-refractivity contribution in [2.24, 2.45) is 17.3 Å². The van der Waals surface area contributed by atoms with Gasteiger partial charge in [-0.25, -0.2) is 4.98 Å². The van der Waals surface area contributed by atoms with E-state index in [4.69, 9.17) is 9.47 Å². The SMILES string of the molecule is CCC/C(C)=C\CC(C)/C(C)=C/c1csc(C)n1.C[CH-]C(OC)C(C)C(=O)C(C)(C)C(CC(=O)OC)OC.[Y]. The van der Waals surface area contributed by atoms with E-state index in [9.17, 15) is 9.59 Å². The quantitative estimate of drug-likeness (QED) is 0.111. The summed E-state index contributed by atoms with van der Waals surface area (Å²) in [4.78, 5) is 28.6. The number of aromatic nitrogens is 1.